The predicted octanol–water partition coefficient (Wildman–Crippen LogP) is 16.7. The second-order valence-electron chi connectivity index (χ2n) is 15.2. The van der Waals surface area contributed by atoms with Gasteiger partial charge in [-0.1, -0.05) is 164 Å². The molecule has 0 aliphatic heterocycles. The van der Waals surface area contributed by atoms with E-state index >= 15 is 0 Å². The third-order valence-corrected chi connectivity index (χ3v) is 13.1. The molecule has 0 aliphatic rings. The highest BCUT2D eigenvalue weighted by molar-refractivity contribution is 7.26. The molecule has 2 aromatic heterocycles. The van der Waals surface area contributed by atoms with Gasteiger partial charge in [0, 0.05) is 53.4 Å². The third kappa shape index (κ3) is 5.55. The van der Waals surface area contributed by atoms with E-state index in [4.69, 9.17) is 4.42 Å². The smallest absolute Gasteiger partial charge is 0.143 e. The number of benzene rings is 10. The maximum absolute atomic E-state index is 6.80. The van der Waals surface area contributed by atoms with Crippen LogP contribution in [0.2, 0.25) is 0 Å². The largest absolute Gasteiger partial charge is 0.455 e. The third-order valence-electron chi connectivity index (χ3n) is 11.9. The van der Waals surface area contributed by atoms with E-state index in [9.17, 15) is 0 Å². The fraction of sp³-hybridized carbons (Fsp3) is 0. The molecule has 0 amide bonds. The zero-order valence-electron chi connectivity index (χ0n) is 32.0. The number of rotatable bonds is 6. The molecule has 0 saturated carbocycles. The lowest BCUT2D eigenvalue weighted by Crippen LogP contribution is -2.11. The first-order valence-corrected chi connectivity index (χ1v) is 20.9. The Bertz CT molecular complexity index is 3550. The first-order chi connectivity index (χ1) is 29.2. The SMILES string of the molecule is c1ccc(N(c2ccc(-c3cccc4ccccc34)cc2)c2ccc(-c3cccc4c3sc3ccccc34)cc2)c(-c2cccc3c2oc2cc4ccccc4cc23)c1. The van der Waals surface area contributed by atoms with Gasteiger partial charge in [-0.25, -0.2) is 0 Å². The van der Waals surface area contributed by atoms with Crippen LogP contribution in [0.15, 0.2) is 217 Å². The Morgan fingerprint density at radius 2 is 0.898 bits per heavy atom. The maximum Gasteiger partial charge on any atom is 0.143 e. The van der Waals surface area contributed by atoms with Crippen LogP contribution in [0.3, 0.4) is 0 Å². The molecular formula is C56H35NOS. The summed E-state index contributed by atoms with van der Waals surface area (Å²) in [6.07, 6.45) is 0. The molecule has 0 atom stereocenters. The molecule has 0 fully saturated rings. The van der Waals surface area contributed by atoms with Crippen LogP contribution >= 0.6 is 11.3 Å². The summed E-state index contributed by atoms with van der Waals surface area (Å²) in [5.41, 5.74) is 12.0. The molecule has 3 heteroatoms. The van der Waals surface area contributed by atoms with Crippen molar-refractivity contribution in [2.24, 2.45) is 0 Å². The minimum atomic E-state index is 0.892. The average Bonchev–Trinajstić information content (AvgIpc) is 3.87. The summed E-state index contributed by atoms with van der Waals surface area (Å²) in [6.45, 7) is 0. The Hall–Kier alpha value is -7.46. The lowest BCUT2D eigenvalue weighted by atomic mass is 9.97. The van der Waals surface area contributed by atoms with Crippen molar-refractivity contribution in [3.8, 4) is 33.4 Å². The zero-order valence-corrected chi connectivity index (χ0v) is 32.8. The molecule has 0 N–H and O–H groups in total. The average molecular weight is 770 g/mol. The van der Waals surface area contributed by atoms with Crippen molar-refractivity contribution in [3.63, 3.8) is 0 Å². The lowest BCUT2D eigenvalue weighted by molar-refractivity contribution is 0.670. The Morgan fingerprint density at radius 1 is 0.356 bits per heavy atom. The van der Waals surface area contributed by atoms with Gasteiger partial charge in [0.15, 0.2) is 0 Å². The van der Waals surface area contributed by atoms with Crippen LogP contribution in [0.25, 0.3) is 97.0 Å². The highest BCUT2D eigenvalue weighted by Crippen LogP contribution is 2.46. The summed E-state index contributed by atoms with van der Waals surface area (Å²) < 4.78 is 9.43. The summed E-state index contributed by atoms with van der Waals surface area (Å²) in [5, 5.41) is 9.73. The van der Waals surface area contributed by atoms with Crippen LogP contribution in [-0.4, -0.2) is 0 Å². The van der Waals surface area contributed by atoms with Crippen molar-refractivity contribution < 1.29 is 4.42 Å². The van der Waals surface area contributed by atoms with Crippen molar-refractivity contribution >= 4 is 92.1 Å². The molecule has 0 saturated heterocycles. The van der Waals surface area contributed by atoms with E-state index in [2.05, 4.69) is 217 Å². The van der Waals surface area contributed by atoms with Gasteiger partial charge < -0.3 is 9.32 Å². The van der Waals surface area contributed by atoms with Crippen molar-refractivity contribution in [2.75, 3.05) is 4.90 Å². The van der Waals surface area contributed by atoms with E-state index in [0.29, 0.717) is 0 Å². The molecule has 2 nitrogen and oxygen atoms in total. The van der Waals surface area contributed by atoms with E-state index in [1.165, 1.54) is 64.0 Å². The monoisotopic (exact) mass is 769 g/mol. The van der Waals surface area contributed by atoms with Gasteiger partial charge in [-0.05, 0) is 92.3 Å². The van der Waals surface area contributed by atoms with Gasteiger partial charge >= 0.3 is 0 Å². The van der Waals surface area contributed by atoms with Gasteiger partial charge in [0.1, 0.15) is 11.2 Å². The fourth-order valence-electron chi connectivity index (χ4n) is 9.05. The first-order valence-electron chi connectivity index (χ1n) is 20.1. The van der Waals surface area contributed by atoms with Crippen LogP contribution in [-0.2, 0) is 0 Å². The number of hydrogen-bond donors (Lipinski definition) is 0. The first kappa shape index (κ1) is 33.7. The fourth-order valence-corrected chi connectivity index (χ4v) is 10.3. The highest BCUT2D eigenvalue weighted by atomic mass is 32.1. The van der Waals surface area contributed by atoms with Gasteiger partial charge in [0.05, 0.1) is 5.69 Å². The predicted molar refractivity (Wildman–Crippen MR) is 253 cm³/mol. The Morgan fingerprint density at radius 3 is 1.69 bits per heavy atom. The summed E-state index contributed by atoms with van der Waals surface area (Å²) in [5.74, 6) is 0. The minimum absolute atomic E-state index is 0.892. The van der Waals surface area contributed by atoms with Gasteiger partial charge in [-0.15, -0.1) is 11.3 Å². The molecule has 12 aromatic rings. The van der Waals surface area contributed by atoms with Gasteiger partial charge in [0.2, 0.25) is 0 Å². The van der Waals surface area contributed by atoms with Crippen LogP contribution in [0.4, 0.5) is 17.1 Å². The second-order valence-corrected chi connectivity index (χ2v) is 16.3. The topological polar surface area (TPSA) is 16.4 Å². The van der Waals surface area contributed by atoms with Crippen molar-refractivity contribution in [2.45, 2.75) is 0 Å². The minimum Gasteiger partial charge on any atom is -0.455 e. The lowest BCUT2D eigenvalue weighted by Gasteiger charge is -2.28. The summed E-state index contributed by atoms with van der Waals surface area (Å²) in [7, 11) is 0. The molecule has 0 radical (unpaired) electrons. The molecular weight excluding hydrogens is 735 g/mol. The molecule has 59 heavy (non-hydrogen) atoms. The van der Waals surface area contributed by atoms with Crippen LogP contribution < -0.4 is 4.90 Å². The van der Waals surface area contributed by atoms with Crippen molar-refractivity contribution in [1.29, 1.82) is 0 Å². The number of para-hydroxylation sites is 2. The second kappa shape index (κ2) is 13.6. The summed E-state index contributed by atoms with van der Waals surface area (Å²) in [6, 6.07) is 76.9. The number of anilines is 3. The molecule has 0 spiro atoms. The van der Waals surface area contributed by atoms with E-state index in [-0.39, 0.29) is 0 Å². The molecule has 2 heterocycles. The highest BCUT2D eigenvalue weighted by Gasteiger charge is 2.21. The summed E-state index contributed by atoms with van der Waals surface area (Å²) >= 11 is 1.87. The Balaban J connectivity index is 1.03. The van der Waals surface area contributed by atoms with Crippen LogP contribution in [0.5, 0.6) is 0 Å². The normalized spacial score (nSPS) is 11.7. The number of fused-ring (bicyclic) bond motifs is 8. The summed E-state index contributed by atoms with van der Waals surface area (Å²) in [4.78, 5) is 2.39. The number of thiophene rings is 1. The molecule has 0 aliphatic carbocycles. The standard InChI is InChI=1S/C56H35NOS/c1-2-14-40-35-53-51(34-39(40)13-1)49-22-11-21-48(55(49)58-53)46-17-5-7-24-52(46)57(41-30-26-37(27-31-41)44-19-9-15-36-12-3-4-16-43(36)44)42-32-28-38(29-33-42)45-20-10-23-50-47-18-6-8-25-54(47)59-56(45)50/h1-35H. The van der Waals surface area contributed by atoms with Crippen LogP contribution in [0, 0.1) is 0 Å². The van der Waals surface area contributed by atoms with E-state index in [0.717, 1.165) is 50.1 Å². The Kier molecular flexibility index (Phi) is 7.75. The molecule has 0 unspecified atom stereocenters. The van der Waals surface area contributed by atoms with Gasteiger partial charge in [-0.2, -0.15) is 0 Å². The number of furan rings is 1. The molecule has 276 valence electrons. The molecule has 0 bridgehead atoms. The molecule has 10 aromatic carbocycles. The van der Waals surface area contributed by atoms with Crippen LogP contribution in [0.1, 0.15) is 0 Å². The van der Waals surface area contributed by atoms with Crippen molar-refractivity contribution in [3.05, 3.63) is 212 Å². The van der Waals surface area contributed by atoms with Gasteiger partial charge in [0.25, 0.3) is 0 Å². The van der Waals surface area contributed by atoms with E-state index in [1.807, 2.05) is 11.3 Å². The van der Waals surface area contributed by atoms with E-state index < -0.39 is 0 Å². The number of nitrogens with zero attached hydrogens (tertiary/aromatic N) is 1. The Labute approximate surface area is 345 Å². The quantitative estimate of drug-likeness (QED) is 0.167. The van der Waals surface area contributed by atoms with E-state index in [1.54, 1.807) is 0 Å². The molecule has 12 rings (SSSR count). The maximum atomic E-state index is 6.80. The van der Waals surface area contributed by atoms with Gasteiger partial charge in [-0.3, -0.25) is 0 Å². The van der Waals surface area contributed by atoms with Crippen molar-refractivity contribution in [1.82, 2.24) is 0 Å². The number of hydrogen-bond acceptors (Lipinski definition) is 3. The zero-order chi connectivity index (χ0) is 38.9.